The van der Waals surface area contributed by atoms with Crippen molar-refractivity contribution in [2.24, 2.45) is 0 Å². The van der Waals surface area contributed by atoms with Gasteiger partial charge in [0.15, 0.2) is 0 Å². The van der Waals surface area contributed by atoms with E-state index in [1.807, 2.05) is 42.2 Å². The molecule has 0 aliphatic carbocycles. The van der Waals surface area contributed by atoms with Gasteiger partial charge in [0, 0.05) is 51.4 Å². The van der Waals surface area contributed by atoms with Crippen LogP contribution in [0.5, 0.6) is 5.75 Å². The number of nitrogens with zero attached hydrogens (tertiary/aromatic N) is 2. The number of amides is 1. The number of benzene rings is 2. The number of nitrogens with one attached hydrogen (secondary N) is 1. The molecule has 0 atom stereocenters. The van der Waals surface area contributed by atoms with Gasteiger partial charge in [-0.1, -0.05) is 30.3 Å². The third kappa shape index (κ3) is 6.00. The highest BCUT2D eigenvalue weighted by molar-refractivity contribution is 5.76. The van der Waals surface area contributed by atoms with Crippen molar-refractivity contribution in [3.05, 3.63) is 60.2 Å². The van der Waals surface area contributed by atoms with Crippen LogP contribution in [0.1, 0.15) is 18.9 Å². The molecule has 1 aliphatic rings. The molecule has 1 N–H and O–H groups in total. The molecule has 0 spiro atoms. The lowest BCUT2D eigenvalue weighted by atomic mass is 10.2. The van der Waals surface area contributed by atoms with Gasteiger partial charge in [-0.25, -0.2) is 0 Å². The molecular weight excluding hydrogens is 338 g/mol. The van der Waals surface area contributed by atoms with Gasteiger partial charge in [-0.05, 0) is 36.8 Å². The average Bonchev–Trinajstić information content (AvgIpc) is 2.71. The van der Waals surface area contributed by atoms with Crippen molar-refractivity contribution in [1.29, 1.82) is 0 Å². The fourth-order valence-corrected chi connectivity index (χ4v) is 3.30. The number of rotatable bonds is 8. The number of piperazine rings is 1. The van der Waals surface area contributed by atoms with E-state index in [4.69, 9.17) is 4.74 Å². The van der Waals surface area contributed by atoms with Crippen LogP contribution >= 0.6 is 0 Å². The lowest BCUT2D eigenvalue weighted by Gasteiger charge is -2.34. The average molecular weight is 367 g/mol. The molecule has 0 saturated carbocycles. The molecule has 1 amide bonds. The maximum absolute atomic E-state index is 12.4. The summed E-state index contributed by atoms with van der Waals surface area (Å²) in [5.74, 6) is 1.10. The van der Waals surface area contributed by atoms with Gasteiger partial charge in [0.1, 0.15) is 5.75 Å². The molecular formula is C22H29N3O2. The molecule has 3 rings (SSSR count). The van der Waals surface area contributed by atoms with Crippen LogP contribution in [-0.2, 0) is 11.3 Å². The van der Waals surface area contributed by atoms with Crippen LogP contribution < -0.4 is 10.1 Å². The molecule has 144 valence electrons. The predicted molar refractivity (Wildman–Crippen MR) is 109 cm³/mol. The molecule has 1 fully saturated rings. The Hall–Kier alpha value is -2.53. The summed E-state index contributed by atoms with van der Waals surface area (Å²) >= 11 is 0. The smallest absolute Gasteiger partial charge is 0.224 e. The van der Waals surface area contributed by atoms with E-state index in [2.05, 4.69) is 34.5 Å². The van der Waals surface area contributed by atoms with Gasteiger partial charge in [0.25, 0.3) is 0 Å². The van der Waals surface area contributed by atoms with Crippen LogP contribution in [0.25, 0.3) is 0 Å². The van der Waals surface area contributed by atoms with E-state index >= 15 is 0 Å². The first kappa shape index (κ1) is 19.2. The summed E-state index contributed by atoms with van der Waals surface area (Å²) in [4.78, 5) is 16.8. The SMILES string of the molecule is CCOc1ccc(NCCC(=O)N2CCN(Cc3ccccc3)CC2)cc1. The molecule has 1 saturated heterocycles. The lowest BCUT2D eigenvalue weighted by molar-refractivity contribution is -0.132. The fourth-order valence-electron chi connectivity index (χ4n) is 3.30. The van der Waals surface area contributed by atoms with Crippen molar-refractivity contribution in [3.8, 4) is 5.75 Å². The number of ether oxygens (including phenoxy) is 1. The fraction of sp³-hybridized carbons (Fsp3) is 0.409. The minimum absolute atomic E-state index is 0.229. The van der Waals surface area contributed by atoms with E-state index < -0.39 is 0 Å². The first-order valence-corrected chi connectivity index (χ1v) is 9.75. The molecule has 5 heteroatoms. The van der Waals surface area contributed by atoms with E-state index in [-0.39, 0.29) is 5.91 Å². The Morgan fingerprint density at radius 2 is 1.70 bits per heavy atom. The minimum Gasteiger partial charge on any atom is -0.494 e. The molecule has 0 radical (unpaired) electrons. The monoisotopic (exact) mass is 367 g/mol. The van der Waals surface area contributed by atoms with Crippen LogP contribution in [0.4, 0.5) is 5.69 Å². The Bertz CT molecular complexity index is 695. The van der Waals surface area contributed by atoms with Crippen LogP contribution in [-0.4, -0.2) is 55.0 Å². The number of anilines is 1. The third-order valence-corrected chi connectivity index (χ3v) is 4.81. The van der Waals surface area contributed by atoms with Crippen molar-refractivity contribution in [2.75, 3.05) is 44.6 Å². The number of carbonyl (C=O) groups excluding carboxylic acids is 1. The van der Waals surface area contributed by atoms with Crippen LogP contribution in [0.2, 0.25) is 0 Å². The van der Waals surface area contributed by atoms with Crippen molar-refractivity contribution < 1.29 is 9.53 Å². The summed E-state index contributed by atoms with van der Waals surface area (Å²) in [6.45, 7) is 7.75. The Kier molecular flexibility index (Phi) is 7.11. The molecule has 0 bridgehead atoms. The maximum Gasteiger partial charge on any atom is 0.224 e. The van der Waals surface area contributed by atoms with Gasteiger partial charge in [-0.2, -0.15) is 0 Å². The summed E-state index contributed by atoms with van der Waals surface area (Å²) in [5, 5.41) is 3.31. The van der Waals surface area contributed by atoms with Crippen molar-refractivity contribution in [2.45, 2.75) is 19.9 Å². The lowest BCUT2D eigenvalue weighted by Crippen LogP contribution is -2.48. The van der Waals surface area contributed by atoms with E-state index in [0.717, 1.165) is 44.2 Å². The zero-order chi connectivity index (χ0) is 18.9. The zero-order valence-corrected chi connectivity index (χ0v) is 16.1. The Morgan fingerprint density at radius 1 is 1.00 bits per heavy atom. The Labute approximate surface area is 161 Å². The highest BCUT2D eigenvalue weighted by atomic mass is 16.5. The second-order valence-corrected chi connectivity index (χ2v) is 6.78. The molecule has 2 aromatic carbocycles. The first-order chi connectivity index (χ1) is 13.2. The summed E-state index contributed by atoms with van der Waals surface area (Å²) < 4.78 is 5.44. The van der Waals surface area contributed by atoms with Gasteiger partial charge in [-0.3, -0.25) is 9.69 Å². The van der Waals surface area contributed by atoms with Gasteiger partial charge in [0.05, 0.1) is 6.61 Å². The standard InChI is InChI=1S/C22H29N3O2/c1-2-27-21-10-8-20(9-11-21)23-13-12-22(26)25-16-14-24(15-17-25)18-19-6-4-3-5-7-19/h3-11,23H,2,12-18H2,1H3. The minimum atomic E-state index is 0.229. The first-order valence-electron chi connectivity index (χ1n) is 9.75. The summed E-state index contributed by atoms with van der Waals surface area (Å²) in [6, 6.07) is 18.4. The molecule has 2 aromatic rings. The Balaban J connectivity index is 1.35. The zero-order valence-electron chi connectivity index (χ0n) is 16.1. The van der Waals surface area contributed by atoms with E-state index in [1.165, 1.54) is 5.56 Å². The molecule has 0 aromatic heterocycles. The van der Waals surface area contributed by atoms with E-state index in [1.54, 1.807) is 0 Å². The van der Waals surface area contributed by atoms with Crippen LogP contribution in [0.15, 0.2) is 54.6 Å². The number of hydrogen-bond donors (Lipinski definition) is 1. The summed E-state index contributed by atoms with van der Waals surface area (Å²) in [7, 11) is 0. The largest absolute Gasteiger partial charge is 0.494 e. The second kappa shape index (κ2) is 9.97. The van der Waals surface area contributed by atoms with Crippen LogP contribution in [0, 0.1) is 0 Å². The summed E-state index contributed by atoms with van der Waals surface area (Å²) in [6.07, 6.45) is 0.520. The summed E-state index contributed by atoms with van der Waals surface area (Å²) in [5.41, 5.74) is 2.34. The van der Waals surface area contributed by atoms with Gasteiger partial charge in [0.2, 0.25) is 5.91 Å². The number of hydrogen-bond acceptors (Lipinski definition) is 4. The van der Waals surface area contributed by atoms with Crippen molar-refractivity contribution >= 4 is 11.6 Å². The second-order valence-electron chi connectivity index (χ2n) is 6.78. The topological polar surface area (TPSA) is 44.8 Å². The molecule has 27 heavy (non-hydrogen) atoms. The number of carbonyl (C=O) groups is 1. The highest BCUT2D eigenvalue weighted by Gasteiger charge is 2.20. The third-order valence-electron chi connectivity index (χ3n) is 4.81. The molecule has 5 nitrogen and oxygen atoms in total. The highest BCUT2D eigenvalue weighted by Crippen LogP contribution is 2.15. The predicted octanol–water partition coefficient (Wildman–Crippen LogP) is 3.23. The van der Waals surface area contributed by atoms with Crippen LogP contribution in [0.3, 0.4) is 0 Å². The maximum atomic E-state index is 12.4. The van der Waals surface area contributed by atoms with Gasteiger partial charge < -0.3 is 15.0 Å². The molecule has 1 heterocycles. The van der Waals surface area contributed by atoms with E-state index in [0.29, 0.717) is 19.6 Å². The van der Waals surface area contributed by atoms with Gasteiger partial charge >= 0.3 is 0 Å². The molecule has 1 aliphatic heterocycles. The van der Waals surface area contributed by atoms with E-state index in [9.17, 15) is 4.79 Å². The normalized spacial score (nSPS) is 14.8. The quantitative estimate of drug-likeness (QED) is 0.778. The van der Waals surface area contributed by atoms with Crippen molar-refractivity contribution in [3.63, 3.8) is 0 Å². The van der Waals surface area contributed by atoms with Gasteiger partial charge in [-0.15, -0.1) is 0 Å². The van der Waals surface area contributed by atoms with Crippen molar-refractivity contribution in [1.82, 2.24) is 9.80 Å². The Morgan fingerprint density at radius 3 is 2.37 bits per heavy atom. The molecule has 0 unspecified atom stereocenters.